The van der Waals surface area contributed by atoms with Crippen molar-refractivity contribution in [1.29, 1.82) is 0 Å². The molecule has 1 aromatic heterocycles. The fourth-order valence-corrected chi connectivity index (χ4v) is 2.80. The highest BCUT2D eigenvalue weighted by atomic mass is 16.5. The molecular formula is C18H20N2O2. The van der Waals surface area contributed by atoms with E-state index in [9.17, 15) is 4.79 Å². The fourth-order valence-electron chi connectivity index (χ4n) is 2.80. The molecule has 0 fully saturated rings. The number of hydrogen-bond donors (Lipinski definition) is 1. The van der Waals surface area contributed by atoms with Crippen molar-refractivity contribution in [3.63, 3.8) is 0 Å². The first-order valence-electron chi connectivity index (χ1n) is 7.60. The number of benzene rings is 1. The van der Waals surface area contributed by atoms with Gasteiger partial charge in [-0.15, -0.1) is 0 Å². The molecule has 1 atom stereocenters. The second kappa shape index (κ2) is 6.18. The van der Waals surface area contributed by atoms with Crippen molar-refractivity contribution in [2.24, 2.45) is 0 Å². The van der Waals surface area contributed by atoms with Crippen LogP contribution in [0.1, 0.15) is 33.7 Å². The van der Waals surface area contributed by atoms with Gasteiger partial charge in [0.05, 0.1) is 6.54 Å². The van der Waals surface area contributed by atoms with E-state index in [-0.39, 0.29) is 12.0 Å². The van der Waals surface area contributed by atoms with Gasteiger partial charge >= 0.3 is 0 Å². The molecule has 0 saturated heterocycles. The van der Waals surface area contributed by atoms with Gasteiger partial charge in [-0.25, -0.2) is 0 Å². The van der Waals surface area contributed by atoms with Gasteiger partial charge in [-0.05, 0) is 50.5 Å². The standard InChI is InChI=1S/C18H20N2O2/c1-12-9-15(10-13(2)20-12)18(21)19-11-16-8-7-14-5-3-4-6-17(14)22-16/h3-6,9-10,16H,7-8,11H2,1-2H3,(H,19,21)/t16-/m1/s1. The molecule has 0 bridgehead atoms. The van der Waals surface area contributed by atoms with E-state index in [1.165, 1.54) is 5.56 Å². The summed E-state index contributed by atoms with van der Waals surface area (Å²) in [4.78, 5) is 16.5. The molecule has 1 amide bonds. The first-order valence-corrected chi connectivity index (χ1v) is 7.60. The Morgan fingerprint density at radius 1 is 1.27 bits per heavy atom. The van der Waals surface area contributed by atoms with Crippen molar-refractivity contribution < 1.29 is 9.53 Å². The Labute approximate surface area is 130 Å². The molecule has 1 aliphatic rings. The smallest absolute Gasteiger partial charge is 0.251 e. The molecule has 22 heavy (non-hydrogen) atoms. The number of pyridine rings is 1. The molecule has 0 radical (unpaired) electrons. The molecule has 0 aliphatic carbocycles. The first kappa shape index (κ1) is 14.6. The van der Waals surface area contributed by atoms with E-state index in [2.05, 4.69) is 16.4 Å². The lowest BCUT2D eigenvalue weighted by molar-refractivity contribution is 0.0918. The van der Waals surface area contributed by atoms with Crippen LogP contribution in [0.15, 0.2) is 36.4 Å². The van der Waals surface area contributed by atoms with Crippen molar-refractivity contribution >= 4 is 5.91 Å². The Hall–Kier alpha value is -2.36. The van der Waals surface area contributed by atoms with Crippen LogP contribution >= 0.6 is 0 Å². The quantitative estimate of drug-likeness (QED) is 0.947. The third kappa shape index (κ3) is 3.27. The second-order valence-corrected chi connectivity index (χ2v) is 5.73. The lowest BCUT2D eigenvalue weighted by Crippen LogP contribution is -2.37. The van der Waals surface area contributed by atoms with Gasteiger partial charge in [0.25, 0.3) is 5.91 Å². The molecule has 114 valence electrons. The number of hydrogen-bond acceptors (Lipinski definition) is 3. The Kier molecular flexibility index (Phi) is 4.09. The minimum absolute atomic E-state index is 0.0304. The molecule has 4 heteroatoms. The van der Waals surface area contributed by atoms with E-state index >= 15 is 0 Å². The SMILES string of the molecule is Cc1cc(C(=O)NC[C@H]2CCc3ccccc3O2)cc(C)n1. The molecular weight excluding hydrogens is 276 g/mol. The monoisotopic (exact) mass is 296 g/mol. The van der Waals surface area contributed by atoms with Crippen molar-refractivity contribution in [1.82, 2.24) is 10.3 Å². The van der Waals surface area contributed by atoms with Crippen molar-refractivity contribution in [3.8, 4) is 5.75 Å². The highest BCUT2D eigenvalue weighted by molar-refractivity contribution is 5.94. The molecule has 3 rings (SSSR count). The topological polar surface area (TPSA) is 51.2 Å². The number of carbonyl (C=O) groups is 1. The zero-order valence-electron chi connectivity index (χ0n) is 12.9. The number of amides is 1. The molecule has 1 N–H and O–H groups in total. The number of carbonyl (C=O) groups excluding carboxylic acids is 1. The van der Waals surface area contributed by atoms with Crippen molar-refractivity contribution in [2.75, 3.05) is 6.54 Å². The van der Waals surface area contributed by atoms with Crippen LogP contribution in [0.4, 0.5) is 0 Å². The number of nitrogens with zero attached hydrogens (tertiary/aromatic N) is 1. The predicted octanol–water partition coefficient (Wildman–Crippen LogP) is 2.82. The number of rotatable bonds is 3. The molecule has 1 aromatic carbocycles. The number of aromatic nitrogens is 1. The summed E-state index contributed by atoms with van der Waals surface area (Å²) < 4.78 is 5.94. The summed E-state index contributed by atoms with van der Waals surface area (Å²) in [5.74, 6) is 0.861. The zero-order valence-corrected chi connectivity index (χ0v) is 12.9. The Morgan fingerprint density at radius 3 is 2.77 bits per heavy atom. The van der Waals surface area contributed by atoms with E-state index in [1.807, 2.05) is 32.0 Å². The molecule has 0 spiro atoms. The summed E-state index contributed by atoms with van der Waals surface area (Å²) in [6.07, 6.45) is 1.94. The van der Waals surface area contributed by atoms with Crippen LogP contribution in [-0.2, 0) is 6.42 Å². The highest BCUT2D eigenvalue weighted by Gasteiger charge is 2.20. The molecule has 2 aromatic rings. The van der Waals surface area contributed by atoms with Gasteiger partial charge in [0.2, 0.25) is 0 Å². The summed E-state index contributed by atoms with van der Waals surface area (Å²) >= 11 is 0. The third-order valence-corrected chi connectivity index (χ3v) is 3.84. The largest absolute Gasteiger partial charge is 0.488 e. The number of aryl methyl sites for hydroxylation is 3. The lowest BCUT2D eigenvalue weighted by Gasteiger charge is -2.26. The van der Waals surface area contributed by atoms with E-state index in [1.54, 1.807) is 12.1 Å². The average Bonchev–Trinajstić information content (AvgIpc) is 2.51. The van der Waals surface area contributed by atoms with Gasteiger partial charge in [0.15, 0.2) is 0 Å². The number of para-hydroxylation sites is 1. The van der Waals surface area contributed by atoms with Crippen LogP contribution in [0.3, 0.4) is 0 Å². The maximum absolute atomic E-state index is 12.2. The summed E-state index contributed by atoms with van der Waals surface area (Å²) in [5, 5.41) is 2.96. The van der Waals surface area contributed by atoms with Crippen LogP contribution in [0.5, 0.6) is 5.75 Å². The number of ether oxygens (including phenoxy) is 1. The van der Waals surface area contributed by atoms with Gasteiger partial charge in [-0.1, -0.05) is 18.2 Å². The minimum Gasteiger partial charge on any atom is -0.488 e. The summed E-state index contributed by atoms with van der Waals surface area (Å²) in [6, 6.07) is 11.7. The van der Waals surface area contributed by atoms with E-state index < -0.39 is 0 Å². The zero-order chi connectivity index (χ0) is 15.5. The average molecular weight is 296 g/mol. The molecule has 2 heterocycles. The molecule has 0 unspecified atom stereocenters. The molecule has 1 aliphatic heterocycles. The summed E-state index contributed by atoms with van der Waals surface area (Å²) in [7, 11) is 0. The Balaban J connectivity index is 1.60. The maximum Gasteiger partial charge on any atom is 0.251 e. The minimum atomic E-state index is -0.0731. The summed E-state index contributed by atoms with van der Waals surface area (Å²) in [6.45, 7) is 4.31. The van der Waals surface area contributed by atoms with Gasteiger partial charge in [0.1, 0.15) is 11.9 Å². The van der Waals surface area contributed by atoms with Gasteiger partial charge in [0, 0.05) is 17.0 Å². The maximum atomic E-state index is 12.2. The van der Waals surface area contributed by atoms with Gasteiger partial charge in [-0.3, -0.25) is 9.78 Å². The Morgan fingerprint density at radius 2 is 2.00 bits per heavy atom. The number of nitrogens with one attached hydrogen (secondary N) is 1. The van der Waals surface area contributed by atoms with Crippen LogP contribution < -0.4 is 10.1 Å². The highest BCUT2D eigenvalue weighted by Crippen LogP contribution is 2.26. The van der Waals surface area contributed by atoms with Crippen LogP contribution in [0.2, 0.25) is 0 Å². The van der Waals surface area contributed by atoms with Crippen molar-refractivity contribution in [2.45, 2.75) is 32.8 Å². The predicted molar refractivity (Wildman–Crippen MR) is 85.2 cm³/mol. The summed E-state index contributed by atoms with van der Waals surface area (Å²) in [5.41, 5.74) is 3.60. The van der Waals surface area contributed by atoms with E-state index in [4.69, 9.17) is 4.74 Å². The lowest BCUT2D eigenvalue weighted by atomic mass is 10.0. The Bertz CT molecular complexity index is 677. The second-order valence-electron chi connectivity index (χ2n) is 5.73. The van der Waals surface area contributed by atoms with Gasteiger partial charge < -0.3 is 10.1 Å². The number of fused-ring (bicyclic) bond motifs is 1. The molecule has 4 nitrogen and oxygen atoms in total. The third-order valence-electron chi connectivity index (χ3n) is 3.84. The normalized spacial score (nSPS) is 16.5. The fraction of sp³-hybridized carbons (Fsp3) is 0.333. The van der Waals surface area contributed by atoms with Crippen LogP contribution in [-0.4, -0.2) is 23.5 Å². The first-order chi connectivity index (χ1) is 10.6. The molecule has 0 saturated carbocycles. The van der Waals surface area contributed by atoms with E-state index in [0.29, 0.717) is 12.1 Å². The van der Waals surface area contributed by atoms with Crippen LogP contribution in [0.25, 0.3) is 0 Å². The van der Waals surface area contributed by atoms with Crippen LogP contribution in [0, 0.1) is 13.8 Å². The van der Waals surface area contributed by atoms with Gasteiger partial charge in [-0.2, -0.15) is 0 Å². The van der Waals surface area contributed by atoms with E-state index in [0.717, 1.165) is 30.0 Å². The van der Waals surface area contributed by atoms with Crippen molar-refractivity contribution in [3.05, 3.63) is 58.9 Å².